The van der Waals surface area contributed by atoms with Crippen molar-refractivity contribution in [2.24, 2.45) is 0 Å². The van der Waals surface area contributed by atoms with Gasteiger partial charge in [-0.15, -0.1) is 0 Å². The molecule has 4 aliphatic rings. The number of hydrogen-bond acceptors (Lipinski definition) is 4. The number of aryl methyl sites for hydroxylation is 1. The summed E-state index contributed by atoms with van der Waals surface area (Å²) >= 11 is 0. The molecule has 2 aliphatic heterocycles. The number of amides is 1. The van der Waals surface area contributed by atoms with Crippen molar-refractivity contribution in [2.45, 2.75) is 63.3 Å². The van der Waals surface area contributed by atoms with Crippen LogP contribution in [0.25, 0.3) is 11.3 Å². The van der Waals surface area contributed by atoms with Crippen molar-refractivity contribution in [1.29, 1.82) is 0 Å². The van der Waals surface area contributed by atoms with Crippen molar-refractivity contribution in [3.05, 3.63) is 40.6 Å². The van der Waals surface area contributed by atoms with Crippen molar-refractivity contribution < 1.29 is 4.79 Å². The van der Waals surface area contributed by atoms with Gasteiger partial charge >= 0.3 is 0 Å². The van der Waals surface area contributed by atoms with E-state index in [0.29, 0.717) is 6.04 Å². The van der Waals surface area contributed by atoms with Crippen LogP contribution in [0.5, 0.6) is 0 Å². The molecule has 3 heterocycles. The summed E-state index contributed by atoms with van der Waals surface area (Å²) in [6.45, 7) is 4.07. The second-order valence-electron chi connectivity index (χ2n) is 9.06. The van der Waals surface area contributed by atoms with E-state index in [2.05, 4.69) is 29.3 Å². The summed E-state index contributed by atoms with van der Waals surface area (Å²) in [7, 11) is 0. The van der Waals surface area contributed by atoms with Gasteiger partial charge in [0.1, 0.15) is 0 Å². The lowest BCUT2D eigenvalue weighted by molar-refractivity contribution is 0.0896. The Bertz CT molecular complexity index is 994. The Morgan fingerprint density at radius 2 is 2.07 bits per heavy atom. The van der Waals surface area contributed by atoms with Gasteiger partial charge in [-0.3, -0.25) is 4.79 Å². The zero-order valence-corrected chi connectivity index (χ0v) is 16.4. The number of nitrogens with zero attached hydrogens (tertiary/aromatic N) is 3. The first-order chi connectivity index (χ1) is 13.6. The fraction of sp³-hybridized carbons (Fsp3) is 0.522. The minimum atomic E-state index is 0.0714. The fourth-order valence-electron chi connectivity index (χ4n) is 5.42. The van der Waals surface area contributed by atoms with Crippen LogP contribution < -0.4 is 10.2 Å². The van der Waals surface area contributed by atoms with Crippen molar-refractivity contribution in [2.75, 3.05) is 18.0 Å². The molecule has 144 valence electrons. The van der Waals surface area contributed by atoms with E-state index in [-0.39, 0.29) is 11.3 Å². The number of carbonyl (C=O) groups excluding carboxylic acids is 1. The molecule has 1 amide bonds. The number of aromatic nitrogens is 2. The maximum atomic E-state index is 12.4. The predicted molar refractivity (Wildman–Crippen MR) is 109 cm³/mol. The first kappa shape index (κ1) is 16.5. The van der Waals surface area contributed by atoms with Gasteiger partial charge < -0.3 is 10.2 Å². The number of benzene rings is 1. The zero-order chi connectivity index (χ0) is 18.9. The van der Waals surface area contributed by atoms with Crippen LogP contribution in [0.3, 0.4) is 0 Å². The fourth-order valence-corrected chi connectivity index (χ4v) is 5.42. The van der Waals surface area contributed by atoms with Gasteiger partial charge in [0.25, 0.3) is 5.91 Å². The number of nitrogens with one attached hydrogen (secondary N) is 1. The third kappa shape index (κ3) is 2.22. The summed E-state index contributed by atoms with van der Waals surface area (Å²) in [6.07, 6.45) is 8.07. The molecule has 2 aromatic rings. The second-order valence-corrected chi connectivity index (χ2v) is 9.06. The Kier molecular flexibility index (Phi) is 3.41. The van der Waals surface area contributed by atoms with Gasteiger partial charge in [-0.05, 0) is 63.1 Å². The number of hydrogen-bond donors (Lipinski definition) is 1. The van der Waals surface area contributed by atoms with Gasteiger partial charge in [-0.25, -0.2) is 9.97 Å². The smallest absolute Gasteiger partial charge is 0.251 e. The Balaban J connectivity index is 1.50. The molecule has 2 fully saturated rings. The lowest BCUT2D eigenvalue weighted by Gasteiger charge is -2.46. The van der Waals surface area contributed by atoms with Gasteiger partial charge in [0, 0.05) is 46.9 Å². The Hall–Kier alpha value is -2.43. The van der Waals surface area contributed by atoms with Gasteiger partial charge in [-0.2, -0.15) is 0 Å². The SMILES string of the molecule is C[C@H]1CCN1c1nc2c(c(-c3ccc4c(c3)C3(CCC3)CNC4=O)n1)CCC2. The highest BCUT2D eigenvalue weighted by atomic mass is 16.1. The summed E-state index contributed by atoms with van der Waals surface area (Å²) in [5.41, 5.74) is 7.05. The molecule has 1 saturated carbocycles. The summed E-state index contributed by atoms with van der Waals surface area (Å²) < 4.78 is 0. The molecule has 1 N–H and O–H groups in total. The summed E-state index contributed by atoms with van der Waals surface area (Å²) in [5, 5.41) is 3.10. The van der Waals surface area contributed by atoms with Crippen LogP contribution in [0.15, 0.2) is 18.2 Å². The van der Waals surface area contributed by atoms with Gasteiger partial charge in [0.15, 0.2) is 0 Å². The van der Waals surface area contributed by atoms with Crippen LogP contribution in [-0.4, -0.2) is 35.0 Å². The highest BCUT2D eigenvalue weighted by Crippen LogP contribution is 2.47. The predicted octanol–water partition coefficient (Wildman–Crippen LogP) is 3.40. The molecule has 1 aromatic carbocycles. The molecule has 0 unspecified atom stereocenters. The van der Waals surface area contributed by atoms with E-state index < -0.39 is 0 Å². The molecule has 1 atom stereocenters. The summed E-state index contributed by atoms with van der Waals surface area (Å²) in [6, 6.07) is 6.92. The Morgan fingerprint density at radius 1 is 1.18 bits per heavy atom. The average molecular weight is 374 g/mol. The van der Waals surface area contributed by atoms with Gasteiger partial charge in [-0.1, -0.05) is 12.5 Å². The minimum Gasteiger partial charge on any atom is -0.351 e. The maximum Gasteiger partial charge on any atom is 0.251 e. The first-order valence-electron chi connectivity index (χ1n) is 10.7. The molecule has 2 aliphatic carbocycles. The van der Waals surface area contributed by atoms with E-state index in [1.807, 2.05) is 6.07 Å². The monoisotopic (exact) mass is 374 g/mol. The molecule has 0 bridgehead atoms. The quantitative estimate of drug-likeness (QED) is 0.875. The van der Waals surface area contributed by atoms with E-state index in [1.54, 1.807) is 0 Å². The highest BCUT2D eigenvalue weighted by Gasteiger charge is 2.44. The molecule has 5 heteroatoms. The molecule has 28 heavy (non-hydrogen) atoms. The molecule has 1 aromatic heterocycles. The van der Waals surface area contributed by atoms with Crippen molar-refractivity contribution in [3.8, 4) is 11.3 Å². The normalized spacial score (nSPS) is 24.2. The van der Waals surface area contributed by atoms with Crippen molar-refractivity contribution >= 4 is 11.9 Å². The highest BCUT2D eigenvalue weighted by molar-refractivity contribution is 5.98. The number of carbonyl (C=O) groups is 1. The van der Waals surface area contributed by atoms with Crippen LogP contribution in [0.1, 0.15) is 66.2 Å². The zero-order valence-electron chi connectivity index (χ0n) is 16.4. The lowest BCUT2D eigenvalue weighted by atomic mass is 9.61. The molecular weight excluding hydrogens is 348 g/mol. The first-order valence-corrected chi connectivity index (χ1v) is 10.7. The van der Waals surface area contributed by atoms with Crippen LogP contribution in [0, 0.1) is 0 Å². The van der Waals surface area contributed by atoms with Crippen molar-refractivity contribution in [1.82, 2.24) is 15.3 Å². The van der Waals surface area contributed by atoms with Crippen LogP contribution in [0.2, 0.25) is 0 Å². The van der Waals surface area contributed by atoms with Crippen LogP contribution in [-0.2, 0) is 18.3 Å². The molecule has 5 nitrogen and oxygen atoms in total. The van der Waals surface area contributed by atoms with Crippen LogP contribution in [0.4, 0.5) is 5.95 Å². The lowest BCUT2D eigenvalue weighted by Crippen LogP contribution is -2.50. The molecule has 1 saturated heterocycles. The van der Waals surface area contributed by atoms with E-state index in [9.17, 15) is 4.79 Å². The molecule has 0 radical (unpaired) electrons. The Morgan fingerprint density at radius 3 is 2.79 bits per heavy atom. The summed E-state index contributed by atoms with van der Waals surface area (Å²) in [4.78, 5) is 24.7. The van der Waals surface area contributed by atoms with Crippen LogP contribution >= 0.6 is 0 Å². The number of anilines is 1. The van der Waals surface area contributed by atoms with E-state index in [4.69, 9.17) is 9.97 Å². The average Bonchev–Trinajstić information content (AvgIpc) is 3.13. The standard InChI is InChI=1S/C23H26N4O/c1-14-8-11-27(14)22-25-19-5-2-4-17(19)20(26-22)15-6-7-16-18(12-15)23(9-3-10-23)13-24-21(16)28/h6-7,12,14H,2-5,8-11,13H2,1H3,(H,24,28)/t14-/m0/s1. The third-order valence-corrected chi connectivity index (χ3v) is 7.51. The third-order valence-electron chi connectivity index (χ3n) is 7.51. The van der Waals surface area contributed by atoms with Crippen molar-refractivity contribution in [3.63, 3.8) is 0 Å². The minimum absolute atomic E-state index is 0.0714. The van der Waals surface area contributed by atoms with Gasteiger partial charge in [0.05, 0.1) is 5.69 Å². The topological polar surface area (TPSA) is 58.1 Å². The number of fused-ring (bicyclic) bond motifs is 3. The molecular formula is C23H26N4O. The maximum absolute atomic E-state index is 12.4. The van der Waals surface area contributed by atoms with E-state index in [0.717, 1.165) is 55.1 Å². The van der Waals surface area contributed by atoms with E-state index in [1.165, 1.54) is 42.5 Å². The molecule has 1 spiro atoms. The van der Waals surface area contributed by atoms with Gasteiger partial charge in [0.2, 0.25) is 5.95 Å². The summed E-state index contributed by atoms with van der Waals surface area (Å²) in [5.74, 6) is 0.963. The second kappa shape index (κ2) is 5.79. The largest absolute Gasteiger partial charge is 0.351 e. The molecule has 6 rings (SSSR count). The Labute approximate surface area is 165 Å². The van der Waals surface area contributed by atoms with E-state index >= 15 is 0 Å². The number of rotatable bonds is 2.